The van der Waals surface area contributed by atoms with Crippen molar-refractivity contribution in [3.8, 4) is 0 Å². The van der Waals surface area contributed by atoms with E-state index >= 15 is 0 Å². The third-order valence-electron chi connectivity index (χ3n) is 14.7. The van der Waals surface area contributed by atoms with Crippen LogP contribution in [0.2, 0.25) is 0 Å². The number of aliphatic carboxylic acids is 2. The third kappa shape index (κ3) is 16.0. The molecule has 0 amide bonds. The van der Waals surface area contributed by atoms with Crippen LogP contribution in [0.1, 0.15) is 115 Å². The van der Waals surface area contributed by atoms with Gasteiger partial charge in [0.1, 0.15) is 17.9 Å². The molecule has 7 nitrogen and oxygen atoms in total. The van der Waals surface area contributed by atoms with E-state index in [1.165, 1.54) is 42.9 Å². The minimum Gasteiger partial charge on any atom is -0.481 e. The number of fused-ring (bicyclic) bond motifs is 2. The first-order valence-electron chi connectivity index (χ1n) is 23.8. The number of hydrogen-bond acceptors (Lipinski definition) is 5. The maximum absolute atomic E-state index is 14.5. The molecule has 11 heteroatoms. The van der Waals surface area contributed by atoms with Crippen molar-refractivity contribution in [1.29, 1.82) is 0 Å². The zero-order chi connectivity index (χ0) is 48.3. The number of rotatable bonds is 13. The summed E-state index contributed by atoms with van der Waals surface area (Å²) in [5.74, 6) is -0.786. The molecule has 3 N–H and O–H groups in total. The molecule has 2 saturated carbocycles. The quantitative estimate of drug-likeness (QED) is 0.0904. The van der Waals surface area contributed by atoms with Gasteiger partial charge < -0.3 is 43.2 Å². The molecule has 4 aromatic rings. The summed E-state index contributed by atoms with van der Waals surface area (Å²) in [5, 5.41) is 20.0. The van der Waals surface area contributed by atoms with Gasteiger partial charge in [0.2, 0.25) is 0 Å². The second-order valence-corrected chi connectivity index (χ2v) is 19.5. The zero-order valence-electron chi connectivity index (χ0n) is 40.5. The van der Waals surface area contributed by atoms with Crippen molar-refractivity contribution >= 4 is 41.5 Å². The first-order chi connectivity index (χ1) is 32.1. The largest absolute Gasteiger partial charge is 0.481 e. The summed E-state index contributed by atoms with van der Waals surface area (Å²) in [6.45, 7) is 23.4. The molecule has 0 aromatic heterocycles. The predicted molar refractivity (Wildman–Crippen MR) is 266 cm³/mol. The maximum Gasteiger partial charge on any atom is 0.309 e. The number of carbonyl (C=O) groups excluding carboxylic acids is 1. The van der Waals surface area contributed by atoms with Gasteiger partial charge in [-0.3, -0.25) is 19.3 Å². The van der Waals surface area contributed by atoms with Crippen molar-refractivity contribution < 1.29 is 98.8 Å². The molecular weight excluding hydrogens is 1020 g/mol. The molecule has 4 fully saturated rings. The minimum absolute atomic E-state index is 0. The number of nitrogens with zero attached hydrogens (tertiary/aromatic N) is 1. The Morgan fingerprint density at radius 1 is 0.681 bits per heavy atom. The van der Waals surface area contributed by atoms with Crippen molar-refractivity contribution in [3.63, 3.8) is 0 Å². The van der Waals surface area contributed by atoms with Gasteiger partial charge >= 0.3 is 11.9 Å². The van der Waals surface area contributed by atoms with Crippen molar-refractivity contribution in [3.05, 3.63) is 169 Å². The van der Waals surface area contributed by atoms with Crippen LogP contribution in [0.25, 0.3) is 23.3 Å². The van der Waals surface area contributed by atoms with Gasteiger partial charge in [-0.15, -0.1) is 0 Å². The van der Waals surface area contributed by atoms with Crippen molar-refractivity contribution in [1.82, 2.24) is 10.2 Å². The summed E-state index contributed by atoms with van der Waals surface area (Å²) < 4.78 is 28.5. The van der Waals surface area contributed by atoms with Crippen molar-refractivity contribution in [2.45, 2.75) is 84.6 Å². The normalized spacial score (nSPS) is 17.5. The predicted octanol–water partition coefficient (Wildman–Crippen LogP) is 12.2. The first kappa shape index (κ1) is 58.5. The van der Waals surface area contributed by atoms with Crippen LogP contribution in [0, 0.1) is 73.8 Å². The Morgan fingerprint density at radius 2 is 1.12 bits per heavy atom. The molecule has 2 aliphatic heterocycles. The Bertz CT molecular complexity index is 2380. The van der Waals surface area contributed by atoms with E-state index < -0.39 is 11.9 Å². The van der Waals surface area contributed by atoms with Gasteiger partial charge in [0.25, 0.3) is 0 Å². The molecule has 364 valence electrons. The number of carboxylic acids is 2. The fourth-order valence-corrected chi connectivity index (χ4v) is 9.16. The smallest absolute Gasteiger partial charge is 0.309 e. The number of likely N-dealkylation sites (tertiary alicyclic amines) is 1. The Labute approximate surface area is 460 Å². The molecule has 2 saturated heterocycles. The Balaban J connectivity index is 0.000000202. The molecule has 2 heterocycles. The molecule has 0 unspecified atom stereocenters. The number of benzene rings is 4. The fourth-order valence-electron chi connectivity index (χ4n) is 9.16. The van der Waals surface area contributed by atoms with Crippen LogP contribution in [-0.4, -0.2) is 59.5 Å². The van der Waals surface area contributed by atoms with E-state index in [0.717, 1.165) is 78.2 Å². The number of allylic oxidation sites excluding steroid dienone is 2. The SMILES string of the molecule is O=C(O)C1CN(Cc2ccc(C3=Cc4ccccc4C3)c(F)c2)C1.O=C(O)C1CNC1.O=Cc1ccc(C2=Cc3ccccc3C2)c(F)c1.[CH2-]CC(C[CH2-])C1(C)CC1.[CH2-]CC(C[CH2-])C1(C)CC1.[Y].[Y]. The number of nitrogens with one attached hydrogen (secondary N) is 1. The number of hydrogen-bond donors (Lipinski definition) is 3. The summed E-state index contributed by atoms with van der Waals surface area (Å²) in [5.41, 5.74) is 10.5. The van der Waals surface area contributed by atoms with E-state index in [1.54, 1.807) is 18.2 Å². The summed E-state index contributed by atoms with van der Waals surface area (Å²) >= 11 is 0. The van der Waals surface area contributed by atoms with Crippen LogP contribution in [0.3, 0.4) is 0 Å². The zero-order valence-corrected chi connectivity index (χ0v) is 46.2. The second-order valence-electron chi connectivity index (χ2n) is 19.5. The van der Waals surface area contributed by atoms with Crippen LogP contribution in [0.15, 0.2) is 84.9 Å². The average molecular weight is 1090 g/mol. The molecule has 4 aromatic carbocycles. The average Bonchev–Trinajstić information content (AvgIpc) is 4.09. The molecule has 10 rings (SSSR count). The topological polar surface area (TPSA) is 107 Å². The van der Waals surface area contributed by atoms with E-state index in [-0.39, 0.29) is 88.9 Å². The molecule has 69 heavy (non-hydrogen) atoms. The van der Waals surface area contributed by atoms with E-state index in [0.29, 0.717) is 66.5 Å². The Kier molecular flexibility index (Phi) is 23.0. The van der Waals surface area contributed by atoms with Gasteiger partial charge in [-0.25, -0.2) is 8.78 Å². The van der Waals surface area contributed by atoms with Gasteiger partial charge in [0.05, 0.1) is 11.8 Å². The summed E-state index contributed by atoms with van der Waals surface area (Å²) in [6, 6.07) is 26.1. The molecule has 2 radical (unpaired) electrons. The standard InChI is InChI=1S/C20H18FNO2.C16H11FO.2C9H16.C4H7NO2.2Y/c21-19-7-13(10-22-11-17(12-22)20(23)24)5-6-18(19)16-8-14-3-1-2-4-15(14)9-16;17-16-7-11(10-18)5-6-15(16)14-8-12-3-1-2-4-13(12)9-14;2*1-4-8(5-2)9(3)6-7-9;6-4(7)3-1-5-2-3;;/h1-8,17H,9-12H2,(H,23,24);1-8,10H,9H2;2*8H,1-2,4-7H2,3H3;3,5H,1-2H2,(H,6,7);;/q;;2*-2;;;. The number of carboxylic acid groups (broad SMARTS) is 2. The minimum atomic E-state index is -0.750. The van der Waals surface area contributed by atoms with Crippen LogP contribution < -0.4 is 5.32 Å². The maximum atomic E-state index is 14.5. The Hall–Kier alpha value is -3.04. The van der Waals surface area contributed by atoms with Gasteiger partial charge in [0, 0.05) is 115 Å². The van der Waals surface area contributed by atoms with Gasteiger partial charge in [-0.05, 0) is 100 Å². The summed E-state index contributed by atoms with van der Waals surface area (Å²) in [4.78, 5) is 33.4. The molecule has 4 aliphatic carbocycles. The Morgan fingerprint density at radius 3 is 1.43 bits per heavy atom. The summed E-state index contributed by atoms with van der Waals surface area (Å²) in [6.07, 6.45) is 16.1. The number of halogens is 2. The van der Waals surface area contributed by atoms with Crippen LogP contribution in [0.4, 0.5) is 8.78 Å². The van der Waals surface area contributed by atoms with E-state index in [2.05, 4.69) is 71.1 Å². The van der Waals surface area contributed by atoms with Crippen LogP contribution in [0.5, 0.6) is 0 Å². The van der Waals surface area contributed by atoms with Gasteiger partial charge in [0.15, 0.2) is 0 Å². The van der Waals surface area contributed by atoms with Crippen molar-refractivity contribution in [2.24, 2.45) is 34.5 Å². The van der Waals surface area contributed by atoms with Crippen LogP contribution >= 0.6 is 0 Å². The van der Waals surface area contributed by atoms with Crippen molar-refractivity contribution in [2.75, 3.05) is 26.2 Å². The molecule has 0 spiro atoms. The monoisotopic (exact) mass is 1090 g/mol. The molecule has 0 atom stereocenters. The molecule has 0 bridgehead atoms. The van der Waals surface area contributed by atoms with E-state index in [4.69, 9.17) is 10.2 Å². The van der Waals surface area contributed by atoms with Gasteiger partial charge in [-0.2, -0.15) is 25.7 Å². The molecular formula is C58H68F2N2O5Y2-4. The second kappa shape index (κ2) is 27.1. The fraction of sp³-hybridized carbons (Fsp3) is 0.397. The first-order valence-corrected chi connectivity index (χ1v) is 23.8. The van der Waals surface area contributed by atoms with E-state index in [9.17, 15) is 23.2 Å². The number of aldehydes is 1. The van der Waals surface area contributed by atoms with E-state index in [1.807, 2.05) is 53.4 Å². The molecule has 6 aliphatic rings. The van der Waals surface area contributed by atoms with Gasteiger partial charge in [-0.1, -0.05) is 111 Å². The third-order valence-corrected chi connectivity index (χ3v) is 14.7. The number of carbonyl (C=O) groups is 3. The summed E-state index contributed by atoms with van der Waals surface area (Å²) in [7, 11) is 0. The van der Waals surface area contributed by atoms with Crippen LogP contribution in [-0.2, 0) is 94.4 Å².